The van der Waals surface area contributed by atoms with Gasteiger partial charge >= 0.3 is 5.97 Å². The number of hydrogen-bond donors (Lipinski definition) is 2. The topological polar surface area (TPSA) is 49.3 Å². The van der Waals surface area contributed by atoms with E-state index in [-0.39, 0.29) is 17.8 Å². The number of rotatable bonds is 6. The molecule has 4 aromatic carbocycles. The lowest BCUT2D eigenvalue weighted by Gasteiger charge is -2.51. The van der Waals surface area contributed by atoms with Crippen LogP contribution in [0, 0.1) is 11.8 Å². The van der Waals surface area contributed by atoms with Crippen LogP contribution in [-0.4, -0.2) is 17.6 Å². The SMILES string of the molecule is O=C(O)[C@H]1C(c2ccccc2)[C@@H](CNc2cccc3ccccc23)[C@H]1c1ccccc1. The van der Waals surface area contributed by atoms with Gasteiger partial charge in [-0.05, 0) is 28.5 Å². The minimum atomic E-state index is -0.718. The van der Waals surface area contributed by atoms with Gasteiger partial charge in [-0.15, -0.1) is 0 Å². The first-order chi connectivity index (χ1) is 15.2. The molecule has 0 saturated heterocycles. The highest BCUT2D eigenvalue weighted by molar-refractivity contribution is 5.93. The molecule has 1 unspecified atom stereocenters. The van der Waals surface area contributed by atoms with E-state index in [0.717, 1.165) is 23.4 Å². The molecule has 0 radical (unpaired) electrons. The van der Waals surface area contributed by atoms with E-state index in [1.165, 1.54) is 10.8 Å². The number of anilines is 1. The third-order valence-electron chi connectivity index (χ3n) is 6.67. The first-order valence-electron chi connectivity index (χ1n) is 10.8. The molecule has 0 amide bonds. The molecule has 4 aromatic rings. The average molecular weight is 408 g/mol. The van der Waals surface area contributed by atoms with Crippen molar-refractivity contribution in [3.05, 3.63) is 114 Å². The fraction of sp³-hybridized carbons (Fsp3) is 0.179. The largest absolute Gasteiger partial charge is 0.481 e. The van der Waals surface area contributed by atoms with Gasteiger partial charge in [0.2, 0.25) is 0 Å². The van der Waals surface area contributed by atoms with Crippen molar-refractivity contribution < 1.29 is 9.90 Å². The van der Waals surface area contributed by atoms with E-state index in [2.05, 4.69) is 66.0 Å². The van der Waals surface area contributed by atoms with Crippen molar-refractivity contribution in [3.63, 3.8) is 0 Å². The number of hydrogen-bond acceptors (Lipinski definition) is 2. The maximum absolute atomic E-state index is 12.3. The Balaban J connectivity index is 1.50. The minimum absolute atomic E-state index is 0.0219. The van der Waals surface area contributed by atoms with Crippen LogP contribution in [-0.2, 0) is 4.79 Å². The Bertz CT molecular complexity index is 1140. The van der Waals surface area contributed by atoms with Gasteiger partial charge in [0.15, 0.2) is 0 Å². The standard InChI is InChI=1S/C28H25NO2/c30-28(31)27-25(20-11-3-1-4-12-20)23(26(27)21-13-5-2-6-14-21)18-29-24-17-9-15-19-10-7-8-16-22(19)24/h1-17,23,25-27,29H,18H2,(H,30,31)/t23-,25+,26?,27+/m0/s1. The summed E-state index contributed by atoms with van der Waals surface area (Å²) in [6, 6.07) is 34.8. The molecule has 0 bridgehead atoms. The lowest BCUT2D eigenvalue weighted by Crippen LogP contribution is -2.50. The molecule has 31 heavy (non-hydrogen) atoms. The molecule has 3 nitrogen and oxygen atoms in total. The van der Waals surface area contributed by atoms with Crippen molar-refractivity contribution in [2.75, 3.05) is 11.9 Å². The van der Waals surface area contributed by atoms with E-state index in [0.29, 0.717) is 0 Å². The highest BCUT2D eigenvalue weighted by atomic mass is 16.4. The summed E-state index contributed by atoms with van der Waals surface area (Å²) in [6.07, 6.45) is 0. The van der Waals surface area contributed by atoms with Crippen LogP contribution in [0.3, 0.4) is 0 Å². The van der Waals surface area contributed by atoms with Gasteiger partial charge in [0, 0.05) is 29.5 Å². The molecule has 1 fully saturated rings. The first-order valence-corrected chi connectivity index (χ1v) is 10.8. The summed E-state index contributed by atoms with van der Waals surface area (Å²) in [4.78, 5) is 12.3. The molecule has 0 heterocycles. The smallest absolute Gasteiger partial charge is 0.307 e. The van der Waals surface area contributed by atoms with E-state index in [9.17, 15) is 9.90 Å². The Hall–Kier alpha value is -3.59. The molecule has 3 heteroatoms. The Morgan fingerprint density at radius 2 is 1.26 bits per heavy atom. The second-order valence-corrected chi connectivity index (χ2v) is 8.31. The molecular weight excluding hydrogens is 382 g/mol. The maximum atomic E-state index is 12.3. The Morgan fingerprint density at radius 3 is 1.87 bits per heavy atom. The van der Waals surface area contributed by atoms with Gasteiger partial charge in [-0.3, -0.25) is 4.79 Å². The summed E-state index contributed by atoms with van der Waals surface area (Å²) in [5.41, 5.74) is 3.30. The van der Waals surface area contributed by atoms with Crippen molar-refractivity contribution in [1.29, 1.82) is 0 Å². The number of carboxylic acids is 1. The molecule has 1 aliphatic rings. The highest BCUT2D eigenvalue weighted by Gasteiger charge is 2.54. The van der Waals surface area contributed by atoms with E-state index in [1.807, 2.05) is 42.5 Å². The normalized spacial score (nSPS) is 22.6. The molecule has 2 N–H and O–H groups in total. The summed E-state index contributed by atoms with van der Waals surface area (Å²) in [5, 5.41) is 16.2. The van der Waals surface area contributed by atoms with Crippen molar-refractivity contribution in [3.8, 4) is 0 Å². The van der Waals surface area contributed by atoms with Crippen LogP contribution in [0.2, 0.25) is 0 Å². The lowest BCUT2D eigenvalue weighted by atomic mass is 9.52. The van der Waals surface area contributed by atoms with Crippen LogP contribution >= 0.6 is 0 Å². The number of nitrogens with one attached hydrogen (secondary N) is 1. The molecule has 4 atom stereocenters. The van der Waals surface area contributed by atoms with Crippen molar-refractivity contribution >= 4 is 22.4 Å². The van der Waals surface area contributed by atoms with Gasteiger partial charge in [-0.2, -0.15) is 0 Å². The Kier molecular flexibility index (Phi) is 5.17. The molecule has 5 rings (SSSR count). The number of benzene rings is 4. The molecule has 0 spiro atoms. The van der Waals surface area contributed by atoms with Gasteiger partial charge in [-0.25, -0.2) is 0 Å². The zero-order chi connectivity index (χ0) is 21.2. The zero-order valence-electron chi connectivity index (χ0n) is 17.2. The van der Waals surface area contributed by atoms with E-state index < -0.39 is 11.9 Å². The number of carbonyl (C=O) groups is 1. The molecule has 1 saturated carbocycles. The quantitative estimate of drug-likeness (QED) is 0.403. The Morgan fingerprint density at radius 1 is 0.710 bits per heavy atom. The second kappa shape index (κ2) is 8.27. The van der Waals surface area contributed by atoms with Crippen LogP contribution in [0.1, 0.15) is 23.0 Å². The minimum Gasteiger partial charge on any atom is -0.481 e. The fourth-order valence-electron chi connectivity index (χ4n) is 5.26. The van der Waals surface area contributed by atoms with Crippen LogP contribution in [0.25, 0.3) is 10.8 Å². The summed E-state index contributed by atoms with van der Waals surface area (Å²) in [7, 11) is 0. The van der Waals surface area contributed by atoms with Crippen molar-refractivity contribution in [1.82, 2.24) is 0 Å². The number of fused-ring (bicyclic) bond motifs is 1. The van der Waals surface area contributed by atoms with Crippen LogP contribution in [0.5, 0.6) is 0 Å². The van der Waals surface area contributed by atoms with Gasteiger partial charge in [-0.1, -0.05) is 97.1 Å². The van der Waals surface area contributed by atoms with Gasteiger partial charge < -0.3 is 10.4 Å². The van der Waals surface area contributed by atoms with Crippen molar-refractivity contribution in [2.24, 2.45) is 11.8 Å². The molecular formula is C28H25NO2. The third kappa shape index (κ3) is 3.57. The lowest BCUT2D eigenvalue weighted by molar-refractivity contribution is -0.149. The zero-order valence-corrected chi connectivity index (χ0v) is 17.2. The number of aliphatic carboxylic acids is 1. The van der Waals surface area contributed by atoms with E-state index in [1.54, 1.807) is 0 Å². The molecule has 0 aromatic heterocycles. The summed E-state index contributed by atoms with van der Waals surface area (Å²) < 4.78 is 0. The number of carboxylic acid groups (broad SMARTS) is 1. The second-order valence-electron chi connectivity index (χ2n) is 8.31. The predicted octanol–water partition coefficient (Wildman–Crippen LogP) is 6.15. The van der Waals surface area contributed by atoms with Gasteiger partial charge in [0.05, 0.1) is 5.92 Å². The molecule has 1 aliphatic carbocycles. The monoisotopic (exact) mass is 407 g/mol. The fourth-order valence-corrected chi connectivity index (χ4v) is 5.26. The van der Waals surface area contributed by atoms with Crippen molar-refractivity contribution in [2.45, 2.75) is 11.8 Å². The van der Waals surface area contributed by atoms with E-state index >= 15 is 0 Å². The van der Waals surface area contributed by atoms with Crippen LogP contribution < -0.4 is 5.32 Å². The van der Waals surface area contributed by atoms with Gasteiger partial charge in [0.25, 0.3) is 0 Å². The average Bonchev–Trinajstić information content (AvgIpc) is 2.80. The third-order valence-corrected chi connectivity index (χ3v) is 6.67. The van der Waals surface area contributed by atoms with Crippen LogP contribution in [0.4, 0.5) is 5.69 Å². The first kappa shape index (κ1) is 19.4. The highest BCUT2D eigenvalue weighted by Crippen LogP contribution is 2.57. The summed E-state index contributed by atoms with van der Waals surface area (Å²) in [5.74, 6) is -1.00. The molecule has 0 aliphatic heterocycles. The molecule has 154 valence electrons. The summed E-state index contributed by atoms with van der Waals surface area (Å²) in [6.45, 7) is 0.719. The summed E-state index contributed by atoms with van der Waals surface area (Å²) >= 11 is 0. The predicted molar refractivity (Wildman–Crippen MR) is 125 cm³/mol. The Labute approximate surface area is 182 Å². The van der Waals surface area contributed by atoms with E-state index in [4.69, 9.17) is 0 Å². The van der Waals surface area contributed by atoms with Gasteiger partial charge in [0.1, 0.15) is 0 Å². The maximum Gasteiger partial charge on any atom is 0.307 e. The van der Waals surface area contributed by atoms with Crippen LogP contribution in [0.15, 0.2) is 103 Å².